The number of ketones is 1. The Morgan fingerprint density at radius 3 is 2.56 bits per heavy atom. The van der Waals surface area contributed by atoms with E-state index in [4.69, 9.17) is 0 Å². The zero-order valence-corrected chi connectivity index (χ0v) is 14.7. The monoisotopic (exact) mass is 335 g/mol. The van der Waals surface area contributed by atoms with Gasteiger partial charge in [0.2, 0.25) is 0 Å². The number of carbonyl (C=O) groups excluding carboxylic acids is 1. The van der Waals surface area contributed by atoms with Crippen LogP contribution >= 0.6 is 0 Å². The largest absolute Gasteiger partial charge is 0.507 e. The SMILES string of the molecule is CCCC(=O)c1ccc2nc(-c3ccccc3O)nc(N(C)C)c2c1. The first-order valence-corrected chi connectivity index (χ1v) is 8.32. The lowest BCUT2D eigenvalue weighted by molar-refractivity contribution is 0.0982. The summed E-state index contributed by atoms with van der Waals surface area (Å²) < 4.78 is 0. The molecule has 0 radical (unpaired) electrons. The highest BCUT2D eigenvalue weighted by Crippen LogP contribution is 2.31. The van der Waals surface area contributed by atoms with Gasteiger partial charge < -0.3 is 10.0 Å². The number of aromatic hydroxyl groups is 1. The van der Waals surface area contributed by atoms with E-state index >= 15 is 0 Å². The predicted octanol–water partition coefficient (Wildman–Crippen LogP) is 4.05. The average molecular weight is 335 g/mol. The van der Waals surface area contributed by atoms with Crippen molar-refractivity contribution in [3.05, 3.63) is 48.0 Å². The van der Waals surface area contributed by atoms with Gasteiger partial charge in [0.1, 0.15) is 11.6 Å². The highest BCUT2D eigenvalue weighted by atomic mass is 16.3. The van der Waals surface area contributed by atoms with Crippen LogP contribution in [0.4, 0.5) is 5.82 Å². The molecule has 1 N–H and O–H groups in total. The molecule has 2 aromatic carbocycles. The molecule has 128 valence electrons. The molecule has 0 amide bonds. The van der Waals surface area contributed by atoms with Crippen LogP contribution < -0.4 is 4.90 Å². The van der Waals surface area contributed by atoms with Crippen molar-refractivity contribution in [3.63, 3.8) is 0 Å². The quantitative estimate of drug-likeness (QED) is 0.713. The molecule has 5 nitrogen and oxygen atoms in total. The molecule has 0 bridgehead atoms. The van der Waals surface area contributed by atoms with Crippen LogP contribution in [0.2, 0.25) is 0 Å². The number of Topliss-reactive ketones (excluding diaryl/α,β-unsaturated/α-hetero) is 1. The van der Waals surface area contributed by atoms with Crippen molar-refractivity contribution in [3.8, 4) is 17.1 Å². The number of hydrogen-bond donors (Lipinski definition) is 1. The van der Waals surface area contributed by atoms with Crippen molar-refractivity contribution >= 4 is 22.5 Å². The van der Waals surface area contributed by atoms with E-state index in [2.05, 4.69) is 9.97 Å². The minimum absolute atomic E-state index is 0.124. The Labute approximate surface area is 147 Å². The maximum atomic E-state index is 12.2. The number of hydrogen-bond acceptors (Lipinski definition) is 5. The topological polar surface area (TPSA) is 66.3 Å². The zero-order valence-electron chi connectivity index (χ0n) is 14.7. The maximum absolute atomic E-state index is 12.2. The van der Waals surface area contributed by atoms with Gasteiger partial charge in [-0.3, -0.25) is 4.79 Å². The maximum Gasteiger partial charge on any atom is 0.165 e. The fourth-order valence-corrected chi connectivity index (χ4v) is 2.78. The summed E-state index contributed by atoms with van der Waals surface area (Å²) >= 11 is 0. The van der Waals surface area contributed by atoms with Crippen LogP contribution in [-0.4, -0.2) is 35.0 Å². The second-order valence-electron chi connectivity index (χ2n) is 6.19. The van der Waals surface area contributed by atoms with Crippen molar-refractivity contribution in [2.24, 2.45) is 0 Å². The van der Waals surface area contributed by atoms with Crippen LogP contribution in [-0.2, 0) is 0 Å². The number of aromatic nitrogens is 2. The molecule has 3 aromatic rings. The highest BCUT2D eigenvalue weighted by Gasteiger charge is 2.15. The van der Waals surface area contributed by atoms with Crippen molar-refractivity contribution < 1.29 is 9.90 Å². The number of rotatable bonds is 5. The number of nitrogens with zero attached hydrogens (tertiary/aromatic N) is 3. The number of carbonyl (C=O) groups is 1. The van der Waals surface area contributed by atoms with E-state index in [0.717, 1.165) is 23.1 Å². The van der Waals surface area contributed by atoms with Crippen LogP contribution in [0, 0.1) is 0 Å². The Kier molecular flexibility index (Phi) is 4.65. The van der Waals surface area contributed by atoms with Gasteiger partial charge in [0.25, 0.3) is 0 Å². The number of phenols is 1. The molecule has 1 aromatic heterocycles. The molecule has 0 spiro atoms. The van der Waals surface area contributed by atoms with Crippen molar-refractivity contribution in [2.45, 2.75) is 19.8 Å². The number of para-hydroxylation sites is 1. The molecule has 0 aliphatic carbocycles. The molecule has 3 rings (SSSR count). The Hall–Kier alpha value is -2.95. The second kappa shape index (κ2) is 6.89. The fraction of sp³-hybridized carbons (Fsp3) is 0.250. The van der Waals surface area contributed by atoms with E-state index in [1.54, 1.807) is 24.3 Å². The van der Waals surface area contributed by atoms with E-state index in [-0.39, 0.29) is 11.5 Å². The Balaban J connectivity index is 2.20. The summed E-state index contributed by atoms with van der Waals surface area (Å²) in [4.78, 5) is 23.3. The normalized spacial score (nSPS) is 10.8. The molecule has 5 heteroatoms. The first-order chi connectivity index (χ1) is 12.0. The van der Waals surface area contributed by atoms with Gasteiger partial charge in [0.05, 0.1) is 11.1 Å². The summed E-state index contributed by atoms with van der Waals surface area (Å²) in [5.41, 5.74) is 2.00. The third-order valence-corrected chi connectivity index (χ3v) is 4.04. The molecular formula is C20H21N3O2. The first-order valence-electron chi connectivity index (χ1n) is 8.32. The van der Waals surface area contributed by atoms with Gasteiger partial charge >= 0.3 is 0 Å². The van der Waals surface area contributed by atoms with Gasteiger partial charge in [-0.25, -0.2) is 9.97 Å². The van der Waals surface area contributed by atoms with Gasteiger partial charge in [0, 0.05) is 31.5 Å². The lowest BCUT2D eigenvalue weighted by Gasteiger charge is -2.16. The number of fused-ring (bicyclic) bond motifs is 1. The highest BCUT2D eigenvalue weighted by molar-refractivity contribution is 6.02. The number of anilines is 1. The van der Waals surface area contributed by atoms with Gasteiger partial charge in [-0.15, -0.1) is 0 Å². The molecule has 0 fully saturated rings. The van der Waals surface area contributed by atoms with E-state index in [1.165, 1.54) is 0 Å². The Bertz CT molecular complexity index is 935. The average Bonchev–Trinajstić information content (AvgIpc) is 2.60. The second-order valence-corrected chi connectivity index (χ2v) is 6.19. The van der Waals surface area contributed by atoms with E-state index in [9.17, 15) is 9.90 Å². The summed E-state index contributed by atoms with van der Waals surface area (Å²) in [6.45, 7) is 1.99. The van der Waals surface area contributed by atoms with E-state index < -0.39 is 0 Å². The van der Waals surface area contributed by atoms with Gasteiger partial charge in [-0.2, -0.15) is 0 Å². The number of benzene rings is 2. The summed E-state index contributed by atoms with van der Waals surface area (Å²) in [6, 6.07) is 12.5. The molecule has 0 aliphatic rings. The first kappa shape index (κ1) is 16.9. The van der Waals surface area contributed by atoms with Gasteiger partial charge in [-0.1, -0.05) is 19.1 Å². The van der Waals surface area contributed by atoms with E-state index in [0.29, 0.717) is 23.4 Å². The standard InChI is InChI=1S/C20H21N3O2/c1-4-7-17(24)13-10-11-16-15(12-13)20(23(2)3)22-19(21-16)14-8-5-6-9-18(14)25/h5-6,8-12,25H,4,7H2,1-3H3. The van der Waals surface area contributed by atoms with E-state index in [1.807, 2.05) is 44.1 Å². The molecule has 25 heavy (non-hydrogen) atoms. The predicted molar refractivity (Wildman–Crippen MR) is 100 cm³/mol. The minimum atomic E-state index is 0.124. The van der Waals surface area contributed by atoms with Crippen LogP contribution in [0.15, 0.2) is 42.5 Å². The lowest BCUT2D eigenvalue weighted by Crippen LogP contribution is -2.13. The molecule has 0 aliphatic heterocycles. The fourth-order valence-electron chi connectivity index (χ4n) is 2.78. The Morgan fingerprint density at radius 1 is 1.12 bits per heavy atom. The van der Waals surface area contributed by atoms with Crippen LogP contribution in [0.1, 0.15) is 30.1 Å². The summed E-state index contributed by atoms with van der Waals surface area (Å²) in [7, 11) is 3.80. The van der Waals surface area contributed by atoms with Gasteiger partial charge in [0.15, 0.2) is 11.6 Å². The molecule has 1 heterocycles. The molecule has 0 saturated carbocycles. The molecule has 0 unspecified atom stereocenters. The van der Waals surface area contributed by atoms with Crippen LogP contribution in [0.25, 0.3) is 22.3 Å². The lowest BCUT2D eigenvalue weighted by atomic mass is 10.0. The summed E-state index contributed by atoms with van der Waals surface area (Å²) in [5, 5.41) is 10.9. The van der Waals surface area contributed by atoms with Crippen LogP contribution in [0.3, 0.4) is 0 Å². The van der Waals surface area contributed by atoms with Crippen molar-refractivity contribution in [1.82, 2.24) is 9.97 Å². The minimum Gasteiger partial charge on any atom is -0.507 e. The van der Waals surface area contributed by atoms with Crippen molar-refractivity contribution in [1.29, 1.82) is 0 Å². The summed E-state index contributed by atoms with van der Waals surface area (Å²) in [5.74, 6) is 1.44. The third-order valence-electron chi connectivity index (χ3n) is 4.04. The number of phenolic OH excluding ortho intramolecular Hbond substituents is 1. The molecular weight excluding hydrogens is 314 g/mol. The third kappa shape index (κ3) is 3.31. The summed E-state index contributed by atoms with van der Waals surface area (Å²) in [6.07, 6.45) is 1.35. The van der Waals surface area contributed by atoms with Crippen LogP contribution in [0.5, 0.6) is 5.75 Å². The smallest absolute Gasteiger partial charge is 0.165 e. The molecule has 0 saturated heterocycles. The molecule has 0 atom stereocenters. The Morgan fingerprint density at radius 2 is 1.88 bits per heavy atom. The zero-order chi connectivity index (χ0) is 18.0. The van der Waals surface area contributed by atoms with Gasteiger partial charge in [-0.05, 0) is 36.8 Å². The van der Waals surface area contributed by atoms with Crippen molar-refractivity contribution in [2.75, 3.05) is 19.0 Å².